The lowest BCUT2D eigenvalue weighted by molar-refractivity contribution is 0.601. The molecule has 0 aliphatic heterocycles. The summed E-state index contributed by atoms with van der Waals surface area (Å²) >= 11 is 5.76. The summed E-state index contributed by atoms with van der Waals surface area (Å²) in [5.41, 5.74) is 2.49. The Bertz CT molecular complexity index is 694. The fourth-order valence-electron chi connectivity index (χ4n) is 1.61. The van der Waals surface area contributed by atoms with Crippen LogP contribution >= 0.6 is 11.6 Å². The lowest BCUT2D eigenvalue weighted by Crippen LogP contribution is -2.13. The minimum Gasteiger partial charge on any atom is -0.280 e. The van der Waals surface area contributed by atoms with Crippen LogP contribution in [-0.4, -0.2) is 8.42 Å². The van der Waals surface area contributed by atoms with E-state index in [0.29, 0.717) is 10.7 Å². The lowest BCUT2D eigenvalue weighted by atomic mass is 10.1. The molecule has 0 aromatic heterocycles. The molecule has 2 aromatic rings. The van der Waals surface area contributed by atoms with Crippen LogP contribution in [0.5, 0.6) is 0 Å². The third-order valence-electron chi connectivity index (χ3n) is 2.89. The Labute approximate surface area is 118 Å². The van der Waals surface area contributed by atoms with E-state index in [1.807, 2.05) is 13.8 Å². The van der Waals surface area contributed by atoms with Crippen LogP contribution in [0, 0.1) is 13.8 Å². The van der Waals surface area contributed by atoms with Gasteiger partial charge in [0.05, 0.1) is 4.90 Å². The van der Waals surface area contributed by atoms with Crippen LogP contribution < -0.4 is 4.72 Å². The Kier molecular flexibility index (Phi) is 3.83. The second-order valence-corrected chi connectivity index (χ2v) is 6.48. The number of rotatable bonds is 3. The molecule has 0 unspecified atom stereocenters. The molecular weight excluding hydrogens is 282 g/mol. The van der Waals surface area contributed by atoms with E-state index in [4.69, 9.17) is 11.6 Å². The first-order chi connectivity index (χ1) is 8.88. The van der Waals surface area contributed by atoms with E-state index in [1.54, 1.807) is 42.5 Å². The predicted molar refractivity (Wildman–Crippen MR) is 78.2 cm³/mol. The van der Waals surface area contributed by atoms with Crippen LogP contribution in [0.3, 0.4) is 0 Å². The first kappa shape index (κ1) is 13.9. The van der Waals surface area contributed by atoms with Crippen LogP contribution in [0.15, 0.2) is 47.4 Å². The van der Waals surface area contributed by atoms with Gasteiger partial charge in [-0.1, -0.05) is 17.7 Å². The van der Waals surface area contributed by atoms with Gasteiger partial charge in [-0.15, -0.1) is 0 Å². The van der Waals surface area contributed by atoms with Gasteiger partial charge in [0, 0.05) is 10.7 Å². The van der Waals surface area contributed by atoms with Crippen molar-refractivity contribution in [1.29, 1.82) is 0 Å². The van der Waals surface area contributed by atoms with Crippen molar-refractivity contribution in [1.82, 2.24) is 0 Å². The molecule has 0 saturated carbocycles. The van der Waals surface area contributed by atoms with Crippen molar-refractivity contribution in [3.05, 3.63) is 58.6 Å². The van der Waals surface area contributed by atoms with Gasteiger partial charge in [0.15, 0.2) is 0 Å². The van der Waals surface area contributed by atoms with Crippen molar-refractivity contribution in [2.75, 3.05) is 4.72 Å². The number of benzene rings is 2. The van der Waals surface area contributed by atoms with Crippen molar-refractivity contribution >= 4 is 27.3 Å². The van der Waals surface area contributed by atoms with Crippen molar-refractivity contribution in [3.63, 3.8) is 0 Å². The Morgan fingerprint density at radius 1 is 0.947 bits per heavy atom. The number of nitrogens with one attached hydrogen (secondary N) is 1. The average molecular weight is 296 g/mol. The highest BCUT2D eigenvalue weighted by atomic mass is 35.5. The van der Waals surface area contributed by atoms with Gasteiger partial charge in [0.1, 0.15) is 0 Å². The minimum atomic E-state index is -3.56. The maximum atomic E-state index is 12.2. The second-order valence-electron chi connectivity index (χ2n) is 4.36. The number of anilines is 1. The Balaban J connectivity index is 2.32. The summed E-state index contributed by atoms with van der Waals surface area (Å²) in [7, 11) is -3.56. The second kappa shape index (κ2) is 5.23. The van der Waals surface area contributed by atoms with Crippen molar-refractivity contribution in [2.45, 2.75) is 18.7 Å². The number of hydrogen-bond acceptors (Lipinski definition) is 2. The molecule has 5 heteroatoms. The van der Waals surface area contributed by atoms with Crippen LogP contribution in [0.1, 0.15) is 11.1 Å². The smallest absolute Gasteiger partial charge is 0.261 e. The van der Waals surface area contributed by atoms with Crippen molar-refractivity contribution in [3.8, 4) is 0 Å². The highest BCUT2D eigenvalue weighted by Gasteiger charge is 2.14. The monoisotopic (exact) mass is 295 g/mol. The van der Waals surface area contributed by atoms with Gasteiger partial charge in [-0.05, 0) is 61.4 Å². The van der Waals surface area contributed by atoms with E-state index in [-0.39, 0.29) is 4.90 Å². The van der Waals surface area contributed by atoms with E-state index >= 15 is 0 Å². The molecule has 0 saturated heterocycles. The standard InChI is InChI=1S/C14H14ClNO2S/c1-10-3-8-14(9-11(10)2)19(17,18)16-13-6-4-12(15)5-7-13/h3-9,16H,1-2H3. The van der Waals surface area contributed by atoms with Crippen molar-refractivity contribution < 1.29 is 8.42 Å². The number of hydrogen-bond donors (Lipinski definition) is 1. The minimum absolute atomic E-state index is 0.255. The summed E-state index contributed by atoms with van der Waals surface area (Å²) in [4.78, 5) is 0.255. The average Bonchev–Trinajstić information content (AvgIpc) is 2.35. The van der Waals surface area contributed by atoms with E-state index in [0.717, 1.165) is 11.1 Å². The van der Waals surface area contributed by atoms with Gasteiger partial charge in [-0.25, -0.2) is 8.42 Å². The molecular formula is C14H14ClNO2S. The zero-order valence-electron chi connectivity index (χ0n) is 10.6. The molecule has 0 spiro atoms. The van der Waals surface area contributed by atoms with Crippen molar-refractivity contribution in [2.24, 2.45) is 0 Å². The fourth-order valence-corrected chi connectivity index (χ4v) is 2.88. The zero-order valence-corrected chi connectivity index (χ0v) is 12.2. The summed E-state index contributed by atoms with van der Waals surface area (Å²) in [6.07, 6.45) is 0. The van der Waals surface area contributed by atoms with Gasteiger partial charge < -0.3 is 0 Å². The zero-order chi connectivity index (χ0) is 14.0. The fraction of sp³-hybridized carbons (Fsp3) is 0.143. The van der Waals surface area contributed by atoms with E-state index in [9.17, 15) is 8.42 Å². The van der Waals surface area contributed by atoms with Crippen LogP contribution in [0.4, 0.5) is 5.69 Å². The lowest BCUT2D eigenvalue weighted by Gasteiger charge is -2.09. The first-order valence-electron chi connectivity index (χ1n) is 5.74. The normalized spacial score (nSPS) is 11.3. The molecule has 0 aliphatic carbocycles. The first-order valence-corrected chi connectivity index (χ1v) is 7.60. The van der Waals surface area contributed by atoms with Gasteiger partial charge in [0.2, 0.25) is 0 Å². The highest BCUT2D eigenvalue weighted by Crippen LogP contribution is 2.20. The third kappa shape index (κ3) is 3.28. The van der Waals surface area contributed by atoms with E-state index in [2.05, 4.69) is 4.72 Å². The molecule has 0 atom stereocenters. The molecule has 2 aromatic carbocycles. The Morgan fingerprint density at radius 3 is 2.16 bits per heavy atom. The number of halogens is 1. The summed E-state index contributed by atoms with van der Waals surface area (Å²) < 4.78 is 26.9. The van der Waals surface area contributed by atoms with Gasteiger partial charge in [-0.3, -0.25) is 4.72 Å². The predicted octanol–water partition coefficient (Wildman–Crippen LogP) is 3.76. The molecule has 0 fully saturated rings. The largest absolute Gasteiger partial charge is 0.280 e. The number of sulfonamides is 1. The quantitative estimate of drug-likeness (QED) is 0.937. The summed E-state index contributed by atoms with van der Waals surface area (Å²) in [6, 6.07) is 11.6. The molecule has 0 bridgehead atoms. The van der Waals surface area contributed by atoms with Crippen LogP contribution in [0.25, 0.3) is 0 Å². The van der Waals surface area contributed by atoms with Crippen LogP contribution in [0.2, 0.25) is 5.02 Å². The Hall–Kier alpha value is -1.52. The van der Waals surface area contributed by atoms with E-state index < -0.39 is 10.0 Å². The SMILES string of the molecule is Cc1ccc(S(=O)(=O)Nc2ccc(Cl)cc2)cc1C. The molecule has 3 nitrogen and oxygen atoms in total. The topological polar surface area (TPSA) is 46.2 Å². The molecule has 0 radical (unpaired) electrons. The molecule has 100 valence electrons. The maximum Gasteiger partial charge on any atom is 0.261 e. The molecule has 1 N–H and O–H groups in total. The number of aryl methyl sites for hydroxylation is 2. The summed E-state index contributed by atoms with van der Waals surface area (Å²) in [5, 5.41) is 0.564. The molecule has 2 rings (SSSR count). The molecule has 0 heterocycles. The van der Waals surface area contributed by atoms with Gasteiger partial charge in [-0.2, -0.15) is 0 Å². The maximum absolute atomic E-state index is 12.2. The van der Waals surface area contributed by atoms with Crippen LogP contribution in [-0.2, 0) is 10.0 Å². The molecule has 19 heavy (non-hydrogen) atoms. The van der Waals surface area contributed by atoms with Gasteiger partial charge in [0.25, 0.3) is 10.0 Å². The molecule has 0 aliphatic rings. The van der Waals surface area contributed by atoms with Gasteiger partial charge >= 0.3 is 0 Å². The third-order valence-corrected chi connectivity index (χ3v) is 4.52. The van der Waals surface area contributed by atoms with E-state index in [1.165, 1.54) is 0 Å². The highest BCUT2D eigenvalue weighted by molar-refractivity contribution is 7.92. The summed E-state index contributed by atoms with van der Waals surface area (Å²) in [6.45, 7) is 3.83. The molecule has 0 amide bonds. The Morgan fingerprint density at radius 2 is 1.58 bits per heavy atom. The summed E-state index contributed by atoms with van der Waals surface area (Å²) in [5.74, 6) is 0.